The molecule has 31 heavy (non-hydrogen) atoms. The van der Waals surface area contributed by atoms with E-state index < -0.39 is 29.2 Å². The van der Waals surface area contributed by atoms with Crippen LogP contribution in [0.4, 0.5) is 13.2 Å². The standard InChI is InChI=1S/C20H16F3N3O5/c1-11(25-30-3)14-5-4-6-15-16(14)18(27)17(19(28)29-2)24-26(15)12-7-9-13(10-8-12)31-20(21,22)23/h4-10H,1-3H3. The maximum Gasteiger partial charge on any atom is 0.573 e. The second kappa shape index (κ2) is 8.46. The highest BCUT2D eigenvalue weighted by Crippen LogP contribution is 2.25. The lowest BCUT2D eigenvalue weighted by atomic mass is 10.0. The van der Waals surface area contributed by atoms with Gasteiger partial charge in [-0.15, -0.1) is 13.2 Å². The van der Waals surface area contributed by atoms with Gasteiger partial charge < -0.3 is 14.3 Å². The van der Waals surface area contributed by atoms with Gasteiger partial charge in [0, 0.05) is 5.56 Å². The fourth-order valence-corrected chi connectivity index (χ4v) is 2.98. The molecule has 0 unspecified atom stereocenters. The fourth-order valence-electron chi connectivity index (χ4n) is 2.98. The Hall–Kier alpha value is -3.89. The molecular weight excluding hydrogens is 419 g/mol. The molecule has 1 heterocycles. The summed E-state index contributed by atoms with van der Waals surface area (Å²) in [5.74, 6) is -1.40. The lowest BCUT2D eigenvalue weighted by Gasteiger charge is -2.14. The van der Waals surface area contributed by atoms with E-state index in [1.54, 1.807) is 25.1 Å². The van der Waals surface area contributed by atoms with Crippen molar-refractivity contribution in [3.8, 4) is 11.4 Å². The van der Waals surface area contributed by atoms with Gasteiger partial charge >= 0.3 is 12.3 Å². The number of esters is 1. The molecule has 0 aliphatic rings. The lowest BCUT2D eigenvalue weighted by Crippen LogP contribution is -2.25. The highest BCUT2D eigenvalue weighted by atomic mass is 19.4. The normalized spacial score (nSPS) is 12.0. The van der Waals surface area contributed by atoms with Crippen molar-refractivity contribution in [3.63, 3.8) is 0 Å². The number of carbonyl (C=O) groups is 1. The van der Waals surface area contributed by atoms with Gasteiger partial charge in [-0.3, -0.25) is 4.79 Å². The third-order valence-corrected chi connectivity index (χ3v) is 4.22. The number of aromatic nitrogens is 2. The second-order valence-corrected chi connectivity index (χ2v) is 6.18. The minimum Gasteiger partial charge on any atom is -0.464 e. The Bertz CT molecular complexity index is 1220. The molecule has 8 nitrogen and oxygen atoms in total. The molecule has 3 aromatic rings. The van der Waals surface area contributed by atoms with E-state index in [1.165, 1.54) is 23.9 Å². The van der Waals surface area contributed by atoms with Crippen LogP contribution in [0.1, 0.15) is 23.0 Å². The van der Waals surface area contributed by atoms with Crippen LogP contribution in [0.2, 0.25) is 0 Å². The first-order valence-electron chi connectivity index (χ1n) is 8.75. The molecule has 162 valence electrons. The molecule has 0 bridgehead atoms. The van der Waals surface area contributed by atoms with E-state index in [9.17, 15) is 22.8 Å². The number of carbonyl (C=O) groups excluding carboxylic acids is 1. The van der Waals surface area contributed by atoms with Gasteiger partial charge in [0.05, 0.1) is 29.4 Å². The third kappa shape index (κ3) is 4.49. The van der Waals surface area contributed by atoms with Gasteiger partial charge in [-0.1, -0.05) is 17.3 Å². The minimum atomic E-state index is -4.84. The summed E-state index contributed by atoms with van der Waals surface area (Å²) in [5.41, 5.74) is 0.156. The molecule has 0 atom stereocenters. The highest BCUT2D eigenvalue weighted by molar-refractivity contribution is 6.09. The maximum atomic E-state index is 13.0. The number of hydrogen-bond acceptors (Lipinski definition) is 7. The number of nitrogens with zero attached hydrogens (tertiary/aromatic N) is 3. The molecule has 0 amide bonds. The molecule has 0 aliphatic heterocycles. The van der Waals surface area contributed by atoms with E-state index >= 15 is 0 Å². The van der Waals surface area contributed by atoms with Crippen LogP contribution in [0.25, 0.3) is 16.6 Å². The van der Waals surface area contributed by atoms with Crippen molar-refractivity contribution in [1.29, 1.82) is 0 Å². The van der Waals surface area contributed by atoms with Crippen LogP contribution in [0.3, 0.4) is 0 Å². The van der Waals surface area contributed by atoms with Crippen molar-refractivity contribution in [2.75, 3.05) is 14.2 Å². The average molecular weight is 435 g/mol. The van der Waals surface area contributed by atoms with E-state index in [1.807, 2.05) is 0 Å². The van der Waals surface area contributed by atoms with Gasteiger partial charge in [0.15, 0.2) is 0 Å². The lowest BCUT2D eigenvalue weighted by molar-refractivity contribution is -0.274. The van der Waals surface area contributed by atoms with E-state index in [2.05, 4.69) is 19.7 Å². The second-order valence-electron chi connectivity index (χ2n) is 6.18. The number of halogens is 3. The van der Waals surface area contributed by atoms with Crippen molar-refractivity contribution in [3.05, 3.63) is 63.9 Å². The predicted octanol–water partition coefficient (Wildman–Crippen LogP) is 3.44. The molecule has 0 fully saturated rings. The van der Waals surface area contributed by atoms with Gasteiger partial charge in [-0.2, -0.15) is 5.10 Å². The molecule has 0 spiro atoms. The van der Waals surface area contributed by atoms with Crippen molar-refractivity contribution < 1.29 is 32.3 Å². The minimum absolute atomic E-state index is 0.117. The predicted molar refractivity (Wildman–Crippen MR) is 105 cm³/mol. The Labute approximate surface area is 173 Å². The Balaban J connectivity index is 2.30. The van der Waals surface area contributed by atoms with Gasteiger partial charge in [-0.05, 0) is 37.3 Å². The Morgan fingerprint density at radius 3 is 2.35 bits per heavy atom. The van der Waals surface area contributed by atoms with E-state index in [0.29, 0.717) is 16.8 Å². The van der Waals surface area contributed by atoms with Crippen LogP contribution >= 0.6 is 0 Å². The van der Waals surface area contributed by atoms with E-state index in [0.717, 1.165) is 19.2 Å². The number of oxime groups is 1. The zero-order chi connectivity index (χ0) is 22.8. The quantitative estimate of drug-likeness (QED) is 0.346. The molecule has 1 aromatic heterocycles. The third-order valence-electron chi connectivity index (χ3n) is 4.22. The SMILES string of the molecule is CON=C(C)c1cccc2c1c(=O)c(C(=O)OC)nn2-c1ccc(OC(F)(F)F)cc1. The van der Waals surface area contributed by atoms with Gasteiger partial charge in [0.2, 0.25) is 11.1 Å². The number of benzene rings is 2. The van der Waals surface area contributed by atoms with E-state index in [4.69, 9.17) is 4.84 Å². The monoisotopic (exact) mass is 435 g/mol. The molecule has 0 N–H and O–H groups in total. The first kappa shape index (κ1) is 21.8. The van der Waals surface area contributed by atoms with Crippen molar-refractivity contribution in [2.24, 2.45) is 5.16 Å². The van der Waals surface area contributed by atoms with Gasteiger partial charge in [-0.25, -0.2) is 9.48 Å². The molecule has 3 rings (SSSR count). The summed E-state index contributed by atoms with van der Waals surface area (Å²) < 4.78 is 47.1. The van der Waals surface area contributed by atoms with Crippen LogP contribution in [-0.2, 0) is 9.57 Å². The molecule has 2 aromatic carbocycles. The topological polar surface area (TPSA) is 92.0 Å². The highest BCUT2D eigenvalue weighted by Gasteiger charge is 2.31. The number of methoxy groups -OCH3 is 1. The summed E-state index contributed by atoms with van der Waals surface area (Å²) in [6, 6.07) is 9.63. The van der Waals surface area contributed by atoms with Gasteiger partial charge in [0.1, 0.15) is 12.9 Å². The van der Waals surface area contributed by atoms with Crippen LogP contribution in [0.15, 0.2) is 52.4 Å². The summed E-state index contributed by atoms with van der Waals surface area (Å²) in [5, 5.41) is 8.04. The molecule has 0 aliphatic carbocycles. The molecule has 0 radical (unpaired) electrons. The molecule has 0 saturated heterocycles. The Morgan fingerprint density at radius 2 is 1.77 bits per heavy atom. The van der Waals surface area contributed by atoms with Crippen molar-refractivity contribution >= 4 is 22.6 Å². The average Bonchev–Trinajstić information content (AvgIpc) is 2.73. The Morgan fingerprint density at radius 1 is 1.10 bits per heavy atom. The number of alkyl halides is 3. The molecule has 0 saturated carbocycles. The summed E-state index contributed by atoms with van der Waals surface area (Å²) >= 11 is 0. The molecule has 11 heteroatoms. The van der Waals surface area contributed by atoms with Crippen LogP contribution in [-0.4, -0.2) is 42.0 Å². The summed E-state index contributed by atoms with van der Waals surface area (Å²) in [7, 11) is 2.45. The number of rotatable bonds is 5. The summed E-state index contributed by atoms with van der Waals surface area (Å²) in [6.07, 6.45) is -4.84. The summed E-state index contributed by atoms with van der Waals surface area (Å²) in [4.78, 5) is 30.0. The van der Waals surface area contributed by atoms with Crippen LogP contribution in [0, 0.1) is 0 Å². The number of fused-ring (bicyclic) bond motifs is 1. The zero-order valence-corrected chi connectivity index (χ0v) is 16.6. The number of hydrogen-bond donors (Lipinski definition) is 0. The summed E-state index contributed by atoms with van der Waals surface area (Å²) in [6.45, 7) is 1.61. The van der Waals surface area contributed by atoms with Crippen LogP contribution < -0.4 is 10.2 Å². The van der Waals surface area contributed by atoms with E-state index in [-0.39, 0.29) is 11.1 Å². The largest absolute Gasteiger partial charge is 0.573 e. The smallest absolute Gasteiger partial charge is 0.464 e. The van der Waals surface area contributed by atoms with Crippen molar-refractivity contribution in [1.82, 2.24) is 9.78 Å². The number of ether oxygens (including phenoxy) is 2. The van der Waals surface area contributed by atoms with Crippen LogP contribution in [0.5, 0.6) is 5.75 Å². The first-order chi connectivity index (χ1) is 14.7. The Kier molecular flexibility index (Phi) is 5.95. The fraction of sp³-hybridized carbons (Fsp3) is 0.200. The zero-order valence-electron chi connectivity index (χ0n) is 16.6. The first-order valence-corrected chi connectivity index (χ1v) is 8.75. The maximum absolute atomic E-state index is 13.0. The van der Waals surface area contributed by atoms with Crippen molar-refractivity contribution in [2.45, 2.75) is 13.3 Å². The van der Waals surface area contributed by atoms with Gasteiger partial charge in [0.25, 0.3) is 0 Å². The molecular formula is C20H16F3N3O5.